The van der Waals surface area contributed by atoms with Gasteiger partial charge in [-0.1, -0.05) is 0 Å². The smallest absolute Gasteiger partial charge is 0.323 e. The molecule has 5 nitrogen and oxygen atoms in total. The Kier molecular flexibility index (Phi) is 3.91. The molecular weight excluding hydrogens is 208 g/mol. The number of nitrogens with zero attached hydrogens (tertiary/aromatic N) is 1. The molecule has 0 unspecified atom stereocenters. The second-order valence-electron chi connectivity index (χ2n) is 4.86. The van der Waals surface area contributed by atoms with Crippen molar-refractivity contribution in [3.05, 3.63) is 0 Å². The number of carboxylic acid groups (broad SMARTS) is 1. The van der Waals surface area contributed by atoms with Gasteiger partial charge >= 0.3 is 5.97 Å². The molecule has 1 atom stereocenters. The van der Waals surface area contributed by atoms with Crippen LogP contribution >= 0.6 is 0 Å². The van der Waals surface area contributed by atoms with Crippen LogP contribution in [0.5, 0.6) is 0 Å². The summed E-state index contributed by atoms with van der Waals surface area (Å²) >= 11 is 0. The molecule has 1 aliphatic heterocycles. The molecule has 0 aromatic carbocycles. The van der Waals surface area contributed by atoms with Crippen molar-refractivity contribution in [2.24, 2.45) is 0 Å². The molecule has 1 fully saturated rings. The largest absolute Gasteiger partial charge is 0.480 e. The Bertz CT molecular complexity index is 289. The second-order valence-corrected chi connectivity index (χ2v) is 4.86. The van der Waals surface area contributed by atoms with Gasteiger partial charge < -0.3 is 15.3 Å². The van der Waals surface area contributed by atoms with Gasteiger partial charge in [0.1, 0.15) is 6.54 Å². The predicted molar refractivity (Wildman–Crippen MR) is 60.1 cm³/mol. The number of amides is 1. The minimum Gasteiger partial charge on any atom is -0.480 e. The van der Waals surface area contributed by atoms with Gasteiger partial charge in [0, 0.05) is 5.54 Å². The maximum Gasteiger partial charge on any atom is 0.323 e. The van der Waals surface area contributed by atoms with Gasteiger partial charge in [0.05, 0.1) is 6.04 Å². The van der Waals surface area contributed by atoms with Gasteiger partial charge in [-0.15, -0.1) is 0 Å². The van der Waals surface area contributed by atoms with Crippen LogP contribution in [0.1, 0.15) is 33.1 Å². The maximum atomic E-state index is 12.1. The van der Waals surface area contributed by atoms with Gasteiger partial charge in [-0.3, -0.25) is 9.59 Å². The highest BCUT2D eigenvalue weighted by Crippen LogP contribution is 2.27. The molecule has 1 aliphatic rings. The summed E-state index contributed by atoms with van der Waals surface area (Å²) in [6.45, 7) is 3.63. The van der Waals surface area contributed by atoms with Crippen molar-refractivity contribution in [3.63, 3.8) is 0 Å². The highest BCUT2D eigenvalue weighted by Gasteiger charge is 2.37. The zero-order valence-corrected chi connectivity index (χ0v) is 10.1. The zero-order valence-electron chi connectivity index (χ0n) is 10.1. The van der Waals surface area contributed by atoms with E-state index in [0.717, 1.165) is 19.3 Å². The van der Waals surface area contributed by atoms with E-state index in [-0.39, 0.29) is 24.0 Å². The van der Waals surface area contributed by atoms with Crippen LogP contribution in [-0.2, 0) is 9.59 Å². The first-order chi connectivity index (χ1) is 7.38. The fourth-order valence-electron chi connectivity index (χ4n) is 2.18. The van der Waals surface area contributed by atoms with Crippen LogP contribution in [-0.4, -0.2) is 47.1 Å². The van der Waals surface area contributed by atoms with Crippen LogP contribution < -0.4 is 5.32 Å². The molecule has 0 aromatic heterocycles. The summed E-state index contributed by atoms with van der Waals surface area (Å²) < 4.78 is 0. The molecule has 1 heterocycles. The van der Waals surface area contributed by atoms with Gasteiger partial charge in [-0.2, -0.15) is 0 Å². The van der Waals surface area contributed by atoms with E-state index in [1.54, 1.807) is 7.05 Å². The minimum atomic E-state index is -0.960. The highest BCUT2D eigenvalue weighted by molar-refractivity contribution is 5.86. The zero-order chi connectivity index (χ0) is 12.3. The number of carboxylic acids is 1. The number of hydrogen-bond donors (Lipinski definition) is 2. The fourth-order valence-corrected chi connectivity index (χ4v) is 2.18. The molecule has 0 aliphatic carbocycles. The number of carbonyl (C=O) groups excluding carboxylic acids is 1. The van der Waals surface area contributed by atoms with E-state index in [0.29, 0.717) is 0 Å². The Morgan fingerprint density at radius 1 is 1.62 bits per heavy atom. The third-order valence-electron chi connectivity index (χ3n) is 3.22. The van der Waals surface area contributed by atoms with Crippen molar-refractivity contribution < 1.29 is 14.7 Å². The molecule has 5 heteroatoms. The molecule has 0 aromatic rings. The second kappa shape index (κ2) is 4.82. The van der Waals surface area contributed by atoms with Crippen molar-refractivity contribution in [2.45, 2.75) is 44.7 Å². The number of likely N-dealkylation sites (N-methyl/N-ethyl adjacent to an activating group) is 1. The summed E-state index contributed by atoms with van der Waals surface area (Å²) in [5, 5.41) is 11.8. The summed E-state index contributed by atoms with van der Waals surface area (Å²) in [4.78, 5) is 24.4. The Balaban J connectivity index is 2.92. The topological polar surface area (TPSA) is 69.6 Å². The number of aliphatic carboxylic acids is 1. The summed E-state index contributed by atoms with van der Waals surface area (Å²) in [5.74, 6) is -1.06. The van der Waals surface area contributed by atoms with Gasteiger partial charge in [-0.25, -0.2) is 0 Å². The normalized spacial score (nSPS) is 25.3. The van der Waals surface area contributed by atoms with E-state index in [1.165, 1.54) is 4.90 Å². The van der Waals surface area contributed by atoms with Gasteiger partial charge in [-0.05, 0) is 40.2 Å². The standard InChI is InChI=1S/C11H20N2O3/c1-11(2)6-4-5-8(12-3)10(16)13(11)7-9(14)15/h8,12H,4-7H2,1-3H3,(H,14,15)/t8-/m0/s1. The molecular formula is C11H20N2O3. The fraction of sp³-hybridized carbons (Fsp3) is 0.818. The van der Waals surface area contributed by atoms with Gasteiger partial charge in [0.2, 0.25) is 5.91 Å². The van der Waals surface area contributed by atoms with Crippen LogP contribution in [0.3, 0.4) is 0 Å². The average Bonchev–Trinajstić information content (AvgIpc) is 2.28. The lowest BCUT2D eigenvalue weighted by Gasteiger charge is -2.37. The van der Waals surface area contributed by atoms with Crippen molar-refractivity contribution in [3.8, 4) is 0 Å². The molecule has 1 rings (SSSR count). The summed E-state index contributed by atoms with van der Waals surface area (Å²) in [6, 6.07) is -0.249. The first kappa shape index (κ1) is 13.0. The Morgan fingerprint density at radius 2 is 2.25 bits per heavy atom. The number of likely N-dealkylation sites (tertiary alicyclic amines) is 1. The molecule has 0 spiro atoms. The lowest BCUT2D eigenvalue weighted by molar-refractivity contribution is -0.149. The average molecular weight is 228 g/mol. The number of hydrogen-bond acceptors (Lipinski definition) is 3. The third-order valence-corrected chi connectivity index (χ3v) is 3.22. The molecule has 0 saturated carbocycles. The SMILES string of the molecule is CN[C@H]1CCCC(C)(C)N(CC(=O)O)C1=O. The highest BCUT2D eigenvalue weighted by atomic mass is 16.4. The lowest BCUT2D eigenvalue weighted by Crippen LogP contribution is -2.53. The molecule has 1 amide bonds. The summed E-state index contributed by atoms with van der Waals surface area (Å²) in [6.07, 6.45) is 2.54. The van der Waals surface area contributed by atoms with Crippen LogP contribution in [0.15, 0.2) is 0 Å². The monoisotopic (exact) mass is 228 g/mol. The van der Waals surface area contributed by atoms with Crippen LogP contribution in [0, 0.1) is 0 Å². The van der Waals surface area contributed by atoms with E-state index in [2.05, 4.69) is 5.32 Å². The Hall–Kier alpha value is -1.10. The Labute approximate surface area is 95.8 Å². The Morgan fingerprint density at radius 3 is 2.75 bits per heavy atom. The number of carbonyl (C=O) groups is 2. The summed E-state index contributed by atoms with van der Waals surface area (Å²) in [7, 11) is 1.74. The van der Waals surface area contributed by atoms with Gasteiger partial charge in [0.25, 0.3) is 0 Å². The van der Waals surface area contributed by atoms with Crippen LogP contribution in [0.4, 0.5) is 0 Å². The van der Waals surface area contributed by atoms with E-state index in [9.17, 15) is 9.59 Å². The third kappa shape index (κ3) is 2.72. The first-order valence-corrected chi connectivity index (χ1v) is 5.59. The molecule has 2 N–H and O–H groups in total. The number of nitrogens with one attached hydrogen (secondary N) is 1. The molecule has 1 saturated heterocycles. The van der Waals surface area contributed by atoms with Crippen LogP contribution in [0.2, 0.25) is 0 Å². The molecule has 92 valence electrons. The lowest BCUT2D eigenvalue weighted by atomic mass is 9.97. The first-order valence-electron chi connectivity index (χ1n) is 5.59. The van der Waals surface area contributed by atoms with E-state index in [1.807, 2.05) is 13.8 Å². The van der Waals surface area contributed by atoms with E-state index >= 15 is 0 Å². The molecule has 0 radical (unpaired) electrons. The van der Waals surface area contributed by atoms with Gasteiger partial charge in [0.15, 0.2) is 0 Å². The molecule has 16 heavy (non-hydrogen) atoms. The summed E-state index contributed by atoms with van der Waals surface area (Å²) in [5.41, 5.74) is -0.374. The predicted octanol–water partition coefficient (Wildman–Crippen LogP) is 0.450. The maximum absolute atomic E-state index is 12.1. The van der Waals surface area contributed by atoms with Crippen molar-refractivity contribution in [1.29, 1.82) is 0 Å². The van der Waals surface area contributed by atoms with E-state index in [4.69, 9.17) is 5.11 Å². The van der Waals surface area contributed by atoms with Crippen LogP contribution in [0.25, 0.3) is 0 Å². The van der Waals surface area contributed by atoms with Crippen molar-refractivity contribution >= 4 is 11.9 Å². The van der Waals surface area contributed by atoms with Crippen molar-refractivity contribution in [2.75, 3.05) is 13.6 Å². The van der Waals surface area contributed by atoms with E-state index < -0.39 is 5.97 Å². The minimum absolute atomic E-state index is 0.104. The quantitative estimate of drug-likeness (QED) is 0.736. The van der Waals surface area contributed by atoms with Crippen molar-refractivity contribution in [1.82, 2.24) is 10.2 Å². The number of rotatable bonds is 3. The molecule has 0 bridgehead atoms.